The lowest BCUT2D eigenvalue weighted by Gasteiger charge is -2.08. The Morgan fingerprint density at radius 3 is 2.50 bits per heavy atom. The Balaban J connectivity index is 2.22. The van der Waals surface area contributed by atoms with Crippen molar-refractivity contribution in [2.75, 3.05) is 7.11 Å². The number of H-pyrrole nitrogens is 1. The molecule has 0 saturated carbocycles. The van der Waals surface area contributed by atoms with Gasteiger partial charge in [0, 0.05) is 22.8 Å². The third-order valence-electron chi connectivity index (χ3n) is 4.29. The summed E-state index contributed by atoms with van der Waals surface area (Å²) in [6, 6.07) is 8.08. The number of aromatic nitrogens is 2. The SMILES string of the molecule is CCCc1cnc(-c2ccc(OC)cc2)c2[nH]c(C)c(C)c12. The molecule has 0 spiro atoms. The van der Waals surface area contributed by atoms with Gasteiger partial charge in [-0.1, -0.05) is 13.3 Å². The van der Waals surface area contributed by atoms with Gasteiger partial charge >= 0.3 is 0 Å². The molecule has 0 aliphatic rings. The maximum absolute atomic E-state index is 5.24. The maximum Gasteiger partial charge on any atom is 0.118 e. The smallest absolute Gasteiger partial charge is 0.118 e. The zero-order valence-corrected chi connectivity index (χ0v) is 13.7. The van der Waals surface area contributed by atoms with Crippen LogP contribution in [0.5, 0.6) is 5.75 Å². The van der Waals surface area contributed by atoms with Crippen molar-refractivity contribution in [2.24, 2.45) is 0 Å². The number of benzene rings is 1. The molecule has 3 rings (SSSR count). The number of hydrogen-bond donors (Lipinski definition) is 1. The highest BCUT2D eigenvalue weighted by Crippen LogP contribution is 2.33. The van der Waals surface area contributed by atoms with Crippen molar-refractivity contribution in [2.45, 2.75) is 33.6 Å². The molecule has 0 amide bonds. The van der Waals surface area contributed by atoms with E-state index >= 15 is 0 Å². The third kappa shape index (κ3) is 2.37. The molecule has 0 saturated heterocycles. The van der Waals surface area contributed by atoms with Crippen LogP contribution in [-0.2, 0) is 6.42 Å². The Labute approximate surface area is 131 Å². The van der Waals surface area contributed by atoms with Gasteiger partial charge in [0.05, 0.1) is 18.3 Å². The van der Waals surface area contributed by atoms with Crippen molar-refractivity contribution in [3.63, 3.8) is 0 Å². The Morgan fingerprint density at radius 1 is 1.14 bits per heavy atom. The Bertz CT molecular complexity index is 800. The Kier molecular flexibility index (Phi) is 3.88. The lowest BCUT2D eigenvalue weighted by Crippen LogP contribution is -1.92. The first kappa shape index (κ1) is 14.6. The van der Waals surface area contributed by atoms with Gasteiger partial charge < -0.3 is 9.72 Å². The van der Waals surface area contributed by atoms with Gasteiger partial charge in [-0.15, -0.1) is 0 Å². The number of fused-ring (bicyclic) bond motifs is 1. The fourth-order valence-electron chi connectivity index (χ4n) is 3.00. The van der Waals surface area contributed by atoms with Gasteiger partial charge in [-0.3, -0.25) is 4.98 Å². The number of methoxy groups -OCH3 is 1. The second kappa shape index (κ2) is 5.84. The predicted molar refractivity (Wildman–Crippen MR) is 91.6 cm³/mol. The fourth-order valence-corrected chi connectivity index (χ4v) is 3.00. The highest BCUT2D eigenvalue weighted by molar-refractivity contribution is 5.96. The maximum atomic E-state index is 5.24. The van der Waals surface area contributed by atoms with Crippen LogP contribution in [0.25, 0.3) is 22.2 Å². The van der Waals surface area contributed by atoms with Crippen LogP contribution in [-0.4, -0.2) is 17.1 Å². The highest BCUT2D eigenvalue weighted by Gasteiger charge is 2.14. The van der Waals surface area contributed by atoms with Crippen LogP contribution in [0, 0.1) is 13.8 Å². The highest BCUT2D eigenvalue weighted by atomic mass is 16.5. The van der Waals surface area contributed by atoms with Crippen molar-refractivity contribution >= 4 is 10.9 Å². The molecule has 2 aromatic heterocycles. The molecule has 3 nitrogen and oxygen atoms in total. The summed E-state index contributed by atoms with van der Waals surface area (Å²) in [4.78, 5) is 8.26. The molecule has 2 heterocycles. The average Bonchev–Trinajstić information content (AvgIpc) is 2.84. The molecule has 3 aromatic rings. The molecule has 1 N–H and O–H groups in total. The first-order valence-corrected chi connectivity index (χ1v) is 7.76. The minimum absolute atomic E-state index is 0.862. The first-order valence-electron chi connectivity index (χ1n) is 7.76. The first-order chi connectivity index (χ1) is 10.7. The Hall–Kier alpha value is -2.29. The van der Waals surface area contributed by atoms with Crippen LogP contribution in [0.3, 0.4) is 0 Å². The standard InChI is InChI=1S/C19H22N2O/c1-5-6-15-11-20-18(14-7-9-16(22-4)10-8-14)19-17(15)12(2)13(3)21-19/h7-11,21H,5-6H2,1-4H3. The Morgan fingerprint density at radius 2 is 1.86 bits per heavy atom. The van der Waals surface area contributed by atoms with Crippen LogP contribution in [0.4, 0.5) is 0 Å². The second-order valence-electron chi connectivity index (χ2n) is 5.74. The molecule has 114 valence electrons. The van der Waals surface area contributed by atoms with Gasteiger partial charge in [-0.05, 0) is 55.7 Å². The predicted octanol–water partition coefficient (Wildman–Crippen LogP) is 4.81. The van der Waals surface area contributed by atoms with Gasteiger partial charge in [0.2, 0.25) is 0 Å². The van der Waals surface area contributed by atoms with Gasteiger partial charge in [0.15, 0.2) is 0 Å². The lowest BCUT2D eigenvalue weighted by molar-refractivity contribution is 0.415. The van der Waals surface area contributed by atoms with Gasteiger partial charge in [-0.2, -0.15) is 0 Å². The van der Waals surface area contributed by atoms with Crippen molar-refractivity contribution in [1.29, 1.82) is 0 Å². The lowest BCUT2D eigenvalue weighted by atomic mass is 10.0. The minimum atomic E-state index is 0.862. The van der Waals surface area contributed by atoms with E-state index in [1.54, 1.807) is 7.11 Å². The van der Waals surface area contributed by atoms with Crippen molar-refractivity contribution < 1.29 is 4.74 Å². The zero-order chi connectivity index (χ0) is 15.7. The quantitative estimate of drug-likeness (QED) is 0.750. The molecular weight excluding hydrogens is 272 g/mol. The van der Waals surface area contributed by atoms with E-state index in [9.17, 15) is 0 Å². The normalized spacial score (nSPS) is 11.1. The van der Waals surface area contributed by atoms with Crippen molar-refractivity contribution in [1.82, 2.24) is 9.97 Å². The summed E-state index contributed by atoms with van der Waals surface area (Å²) < 4.78 is 5.24. The van der Waals surface area contributed by atoms with E-state index in [-0.39, 0.29) is 0 Å². The van der Waals surface area contributed by atoms with Gasteiger partial charge in [0.25, 0.3) is 0 Å². The molecule has 0 radical (unpaired) electrons. The molecule has 22 heavy (non-hydrogen) atoms. The van der Waals surface area contributed by atoms with E-state index in [4.69, 9.17) is 9.72 Å². The molecule has 0 bridgehead atoms. The van der Waals surface area contributed by atoms with Crippen LogP contribution in [0.15, 0.2) is 30.5 Å². The molecular formula is C19H22N2O. The zero-order valence-electron chi connectivity index (χ0n) is 13.7. The van der Waals surface area contributed by atoms with Gasteiger partial charge in [0.1, 0.15) is 5.75 Å². The second-order valence-corrected chi connectivity index (χ2v) is 5.74. The van der Waals surface area contributed by atoms with E-state index < -0.39 is 0 Å². The third-order valence-corrected chi connectivity index (χ3v) is 4.29. The number of aromatic amines is 1. The topological polar surface area (TPSA) is 37.9 Å². The summed E-state index contributed by atoms with van der Waals surface area (Å²) >= 11 is 0. The number of nitrogens with one attached hydrogen (secondary N) is 1. The van der Waals surface area contributed by atoms with E-state index in [2.05, 4.69) is 37.9 Å². The minimum Gasteiger partial charge on any atom is -0.497 e. The van der Waals surface area contributed by atoms with Crippen molar-refractivity contribution in [3.8, 4) is 17.0 Å². The molecule has 0 fully saturated rings. The summed E-state index contributed by atoms with van der Waals surface area (Å²) in [5, 5.41) is 1.33. The number of ether oxygens (including phenoxy) is 1. The number of hydrogen-bond acceptors (Lipinski definition) is 2. The molecule has 3 heteroatoms. The summed E-state index contributed by atoms with van der Waals surface area (Å²) in [5.41, 5.74) is 7.14. The molecule has 0 atom stereocenters. The summed E-state index contributed by atoms with van der Waals surface area (Å²) in [6.45, 7) is 6.52. The number of pyridine rings is 1. The van der Waals surface area contributed by atoms with Crippen molar-refractivity contribution in [3.05, 3.63) is 47.3 Å². The summed E-state index contributed by atoms with van der Waals surface area (Å²) in [6.07, 6.45) is 4.22. The summed E-state index contributed by atoms with van der Waals surface area (Å²) in [7, 11) is 1.68. The fraction of sp³-hybridized carbons (Fsp3) is 0.316. The molecule has 0 unspecified atom stereocenters. The van der Waals surface area contributed by atoms with Crippen LogP contribution in [0.2, 0.25) is 0 Å². The van der Waals surface area contributed by atoms with Crippen LogP contribution >= 0.6 is 0 Å². The van der Waals surface area contributed by atoms with E-state index in [1.807, 2.05) is 18.3 Å². The monoisotopic (exact) mass is 294 g/mol. The molecule has 0 aliphatic carbocycles. The van der Waals surface area contributed by atoms with Crippen LogP contribution in [0.1, 0.15) is 30.2 Å². The number of rotatable bonds is 4. The van der Waals surface area contributed by atoms with E-state index in [1.165, 1.54) is 22.2 Å². The average molecular weight is 294 g/mol. The van der Waals surface area contributed by atoms with Crippen LogP contribution < -0.4 is 4.74 Å². The van der Waals surface area contributed by atoms with E-state index in [0.717, 1.165) is 35.4 Å². The largest absolute Gasteiger partial charge is 0.497 e. The molecule has 0 aliphatic heterocycles. The van der Waals surface area contributed by atoms with E-state index in [0.29, 0.717) is 0 Å². The molecule has 1 aromatic carbocycles. The number of nitrogens with zero attached hydrogens (tertiary/aromatic N) is 1. The van der Waals surface area contributed by atoms with Gasteiger partial charge in [-0.25, -0.2) is 0 Å². The number of aryl methyl sites for hydroxylation is 3. The summed E-state index contributed by atoms with van der Waals surface area (Å²) in [5.74, 6) is 0.862.